The molecule has 5 heteroatoms. The van der Waals surface area contributed by atoms with Gasteiger partial charge >= 0.3 is 0 Å². The predicted molar refractivity (Wildman–Crippen MR) is 68.6 cm³/mol. The van der Waals surface area contributed by atoms with Crippen LogP contribution in [0.15, 0.2) is 12.4 Å². The number of anilines is 2. The van der Waals surface area contributed by atoms with E-state index in [1.54, 1.807) is 13.4 Å². The van der Waals surface area contributed by atoms with E-state index in [2.05, 4.69) is 14.9 Å². The number of hydrogen-bond donors (Lipinski definition) is 0. The fourth-order valence-electron chi connectivity index (χ4n) is 2.09. The average molecular weight is 236 g/mol. The Bertz CT molecular complexity index is 369. The first-order chi connectivity index (χ1) is 8.20. The van der Waals surface area contributed by atoms with Gasteiger partial charge in [0.2, 0.25) is 0 Å². The van der Waals surface area contributed by atoms with Gasteiger partial charge in [0.25, 0.3) is 0 Å². The molecule has 0 saturated carbocycles. The highest BCUT2D eigenvalue weighted by atomic mass is 16.5. The Morgan fingerprint density at radius 1 is 1.41 bits per heavy atom. The lowest BCUT2D eigenvalue weighted by molar-refractivity contribution is 0.0891. The molecule has 2 rings (SSSR count). The number of rotatable bonds is 3. The number of nitrogens with zero attached hydrogens (tertiary/aromatic N) is 4. The molecule has 1 fully saturated rings. The zero-order chi connectivity index (χ0) is 12.3. The molecule has 0 amide bonds. The van der Waals surface area contributed by atoms with E-state index >= 15 is 0 Å². The molecule has 1 aromatic rings. The van der Waals surface area contributed by atoms with Crippen LogP contribution in [-0.2, 0) is 4.74 Å². The molecule has 94 valence electrons. The minimum Gasteiger partial charge on any atom is -0.380 e. The number of aromatic nitrogens is 2. The van der Waals surface area contributed by atoms with E-state index in [4.69, 9.17) is 4.74 Å². The first-order valence-electron chi connectivity index (χ1n) is 5.98. The third-order valence-electron chi connectivity index (χ3n) is 3.13. The number of piperidine rings is 1. The second-order valence-electron chi connectivity index (χ2n) is 4.57. The van der Waals surface area contributed by atoms with Gasteiger partial charge < -0.3 is 14.5 Å². The lowest BCUT2D eigenvalue weighted by atomic mass is 10.1. The van der Waals surface area contributed by atoms with Gasteiger partial charge in [0, 0.05) is 40.4 Å². The topological polar surface area (TPSA) is 41.5 Å². The molecular weight excluding hydrogens is 216 g/mol. The van der Waals surface area contributed by atoms with E-state index in [-0.39, 0.29) is 0 Å². The maximum absolute atomic E-state index is 5.43. The van der Waals surface area contributed by atoms with E-state index in [0.717, 1.165) is 37.6 Å². The minimum atomic E-state index is 0.321. The van der Waals surface area contributed by atoms with Crippen LogP contribution in [0, 0.1) is 0 Å². The van der Waals surface area contributed by atoms with Gasteiger partial charge in [-0.1, -0.05) is 0 Å². The smallest absolute Gasteiger partial charge is 0.134 e. The molecule has 0 radical (unpaired) electrons. The van der Waals surface area contributed by atoms with Crippen LogP contribution in [0.2, 0.25) is 0 Å². The summed E-state index contributed by atoms with van der Waals surface area (Å²) in [6, 6.07) is 2.03. The van der Waals surface area contributed by atoms with Crippen molar-refractivity contribution in [3.8, 4) is 0 Å². The van der Waals surface area contributed by atoms with Crippen molar-refractivity contribution in [1.29, 1.82) is 0 Å². The van der Waals surface area contributed by atoms with Crippen LogP contribution in [0.5, 0.6) is 0 Å². The second kappa shape index (κ2) is 5.31. The van der Waals surface area contributed by atoms with Crippen molar-refractivity contribution in [3.63, 3.8) is 0 Å². The Kier molecular flexibility index (Phi) is 3.78. The molecule has 0 spiro atoms. The summed E-state index contributed by atoms with van der Waals surface area (Å²) in [5.74, 6) is 1.93. The Morgan fingerprint density at radius 3 is 2.94 bits per heavy atom. The summed E-state index contributed by atoms with van der Waals surface area (Å²) in [7, 11) is 5.75. The van der Waals surface area contributed by atoms with Gasteiger partial charge in [0.15, 0.2) is 0 Å². The molecule has 0 N–H and O–H groups in total. The minimum absolute atomic E-state index is 0.321. The monoisotopic (exact) mass is 236 g/mol. The maximum Gasteiger partial charge on any atom is 0.134 e. The Hall–Kier alpha value is -1.36. The number of hydrogen-bond acceptors (Lipinski definition) is 5. The zero-order valence-electron chi connectivity index (χ0n) is 10.8. The van der Waals surface area contributed by atoms with Gasteiger partial charge in [-0.3, -0.25) is 0 Å². The average Bonchev–Trinajstić information content (AvgIpc) is 2.39. The zero-order valence-corrected chi connectivity index (χ0v) is 10.8. The molecule has 5 nitrogen and oxygen atoms in total. The molecule has 1 aliphatic rings. The normalized spacial score (nSPS) is 20.4. The third-order valence-corrected chi connectivity index (χ3v) is 3.13. The summed E-state index contributed by atoms with van der Waals surface area (Å²) in [6.07, 6.45) is 4.24. The Morgan fingerprint density at radius 2 is 2.24 bits per heavy atom. The highest BCUT2D eigenvalue weighted by Gasteiger charge is 2.20. The molecule has 0 aromatic carbocycles. The second-order valence-corrected chi connectivity index (χ2v) is 4.57. The highest BCUT2D eigenvalue weighted by molar-refractivity contribution is 5.49. The van der Waals surface area contributed by atoms with E-state index in [1.165, 1.54) is 0 Å². The first kappa shape index (κ1) is 12.1. The van der Waals surface area contributed by atoms with Crippen molar-refractivity contribution in [2.75, 3.05) is 44.1 Å². The predicted octanol–water partition coefficient (Wildman–Crippen LogP) is 1.16. The van der Waals surface area contributed by atoms with Crippen molar-refractivity contribution < 1.29 is 4.74 Å². The molecule has 1 aromatic heterocycles. The van der Waals surface area contributed by atoms with Gasteiger partial charge in [-0.15, -0.1) is 0 Å². The van der Waals surface area contributed by atoms with Crippen molar-refractivity contribution in [1.82, 2.24) is 9.97 Å². The number of ether oxygens (including phenoxy) is 1. The van der Waals surface area contributed by atoms with E-state index in [9.17, 15) is 0 Å². The van der Waals surface area contributed by atoms with E-state index in [1.807, 2.05) is 25.1 Å². The van der Waals surface area contributed by atoms with Crippen molar-refractivity contribution in [2.45, 2.75) is 18.9 Å². The fourth-order valence-corrected chi connectivity index (χ4v) is 2.09. The summed E-state index contributed by atoms with van der Waals surface area (Å²) in [5, 5.41) is 0. The van der Waals surface area contributed by atoms with Crippen LogP contribution in [0.4, 0.5) is 11.6 Å². The van der Waals surface area contributed by atoms with Crippen LogP contribution >= 0.6 is 0 Å². The Balaban J connectivity index is 2.13. The molecule has 1 unspecified atom stereocenters. The summed E-state index contributed by atoms with van der Waals surface area (Å²) in [5.41, 5.74) is 0. The quantitative estimate of drug-likeness (QED) is 0.787. The Labute approximate surface area is 102 Å². The molecule has 1 aliphatic heterocycles. The lowest BCUT2D eigenvalue weighted by Crippen LogP contribution is -2.39. The molecule has 1 saturated heterocycles. The molecule has 17 heavy (non-hydrogen) atoms. The molecular formula is C12H20N4O. The first-order valence-corrected chi connectivity index (χ1v) is 5.98. The summed E-state index contributed by atoms with van der Waals surface area (Å²) >= 11 is 0. The lowest BCUT2D eigenvalue weighted by Gasteiger charge is -2.32. The van der Waals surface area contributed by atoms with Crippen LogP contribution < -0.4 is 9.80 Å². The number of methoxy groups -OCH3 is 1. The summed E-state index contributed by atoms with van der Waals surface area (Å²) < 4.78 is 5.43. The largest absolute Gasteiger partial charge is 0.380 e. The van der Waals surface area contributed by atoms with Gasteiger partial charge in [-0.25, -0.2) is 9.97 Å². The molecule has 1 atom stereocenters. The van der Waals surface area contributed by atoms with Crippen LogP contribution in [-0.4, -0.2) is 50.4 Å². The fraction of sp³-hybridized carbons (Fsp3) is 0.667. The van der Waals surface area contributed by atoms with Gasteiger partial charge in [-0.05, 0) is 12.8 Å². The van der Waals surface area contributed by atoms with Crippen LogP contribution in [0.1, 0.15) is 12.8 Å². The third kappa shape index (κ3) is 2.85. The van der Waals surface area contributed by atoms with Crippen LogP contribution in [0.3, 0.4) is 0 Å². The van der Waals surface area contributed by atoms with Gasteiger partial charge in [0.05, 0.1) is 6.10 Å². The van der Waals surface area contributed by atoms with Crippen molar-refractivity contribution in [2.24, 2.45) is 0 Å². The SMILES string of the molecule is COC1CCCN(c2cc(N(C)C)ncn2)C1. The van der Waals surface area contributed by atoms with Crippen LogP contribution in [0.25, 0.3) is 0 Å². The molecule has 2 heterocycles. The highest BCUT2D eigenvalue weighted by Crippen LogP contribution is 2.21. The van der Waals surface area contributed by atoms with Crippen molar-refractivity contribution >= 4 is 11.6 Å². The van der Waals surface area contributed by atoms with Crippen molar-refractivity contribution in [3.05, 3.63) is 12.4 Å². The van der Waals surface area contributed by atoms with Gasteiger partial charge in [-0.2, -0.15) is 0 Å². The standard InChI is InChI=1S/C12H20N4O/c1-15(2)11-7-12(14-9-13-11)16-6-4-5-10(8-16)17-3/h7,9-10H,4-6,8H2,1-3H3. The summed E-state index contributed by atoms with van der Waals surface area (Å²) in [6.45, 7) is 1.96. The maximum atomic E-state index is 5.43. The molecule has 0 aliphatic carbocycles. The van der Waals surface area contributed by atoms with Gasteiger partial charge in [0.1, 0.15) is 18.0 Å². The van der Waals surface area contributed by atoms with E-state index < -0.39 is 0 Å². The van der Waals surface area contributed by atoms with E-state index in [0.29, 0.717) is 6.10 Å². The molecule has 0 bridgehead atoms. The summed E-state index contributed by atoms with van der Waals surface area (Å²) in [4.78, 5) is 12.8.